The fourth-order valence-corrected chi connectivity index (χ4v) is 6.35. The van der Waals surface area contributed by atoms with Crippen molar-refractivity contribution >= 4 is 15.9 Å². The second-order valence-electron chi connectivity index (χ2n) is 11.8. The van der Waals surface area contributed by atoms with E-state index in [1.165, 1.54) is 12.1 Å². The number of fused-ring (bicyclic) bond motifs is 1. The molecule has 1 amide bonds. The van der Waals surface area contributed by atoms with E-state index in [0.29, 0.717) is 24.6 Å². The highest BCUT2D eigenvalue weighted by Crippen LogP contribution is 2.33. The highest BCUT2D eigenvalue weighted by molar-refractivity contribution is 7.89. The number of hydrogen-bond donors (Lipinski definition) is 3. The molecule has 0 saturated heterocycles. The SMILES string of the molecule is CC(C)(C)NCc1ccc2c(c1)CCCC2NC(=O)CC(NS(=O)(=O)c1cccc(C(F)(F)F)c1)c1cccc(C#N)c1. The molecule has 0 spiro atoms. The normalized spacial score (nSPS) is 16.2. The zero-order valence-corrected chi connectivity index (χ0v) is 25.1. The lowest BCUT2D eigenvalue weighted by Gasteiger charge is -2.28. The lowest BCUT2D eigenvalue weighted by Crippen LogP contribution is -2.36. The van der Waals surface area contributed by atoms with E-state index in [0.717, 1.165) is 47.7 Å². The molecule has 0 aromatic heterocycles. The monoisotopic (exact) mass is 612 g/mol. The maximum atomic E-state index is 13.4. The largest absolute Gasteiger partial charge is 0.416 e. The molecular weight excluding hydrogens is 577 g/mol. The molecule has 0 saturated carbocycles. The number of amides is 1. The van der Waals surface area contributed by atoms with E-state index >= 15 is 0 Å². The number of rotatable bonds is 9. The highest BCUT2D eigenvalue weighted by atomic mass is 32.2. The summed E-state index contributed by atoms with van der Waals surface area (Å²) >= 11 is 0. The molecule has 43 heavy (non-hydrogen) atoms. The number of hydrogen-bond acceptors (Lipinski definition) is 5. The lowest BCUT2D eigenvalue weighted by molar-refractivity contribution is -0.137. The summed E-state index contributed by atoms with van der Waals surface area (Å²) in [7, 11) is -4.48. The van der Waals surface area contributed by atoms with Crippen molar-refractivity contribution in [3.63, 3.8) is 0 Å². The second-order valence-corrected chi connectivity index (χ2v) is 13.5. The van der Waals surface area contributed by atoms with E-state index in [4.69, 9.17) is 0 Å². The van der Waals surface area contributed by atoms with E-state index in [1.54, 1.807) is 12.1 Å². The topological polar surface area (TPSA) is 111 Å². The Morgan fingerprint density at radius 1 is 1.05 bits per heavy atom. The third kappa shape index (κ3) is 8.66. The van der Waals surface area contributed by atoms with Gasteiger partial charge in [-0.05, 0) is 92.6 Å². The molecule has 3 N–H and O–H groups in total. The van der Waals surface area contributed by atoms with Gasteiger partial charge in [-0.2, -0.15) is 18.4 Å². The molecule has 0 heterocycles. The Morgan fingerprint density at radius 3 is 2.49 bits per heavy atom. The van der Waals surface area contributed by atoms with Crippen molar-refractivity contribution in [2.45, 2.75) is 81.7 Å². The zero-order valence-electron chi connectivity index (χ0n) is 24.3. The summed E-state index contributed by atoms with van der Waals surface area (Å²) in [5.41, 5.74) is 2.74. The molecule has 1 aliphatic carbocycles. The van der Waals surface area contributed by atoms with Crippen LogP contribution in [0.5, 0.6) is 0 Å². The number of benzene rings is 3. The van der Waals surface area contributed by atoms with Crippen molar-refractivity contribution in [3.05, 3.63) is 100 Å². The first-order valence-corrected chi connectivity index (χ1v) is 15.5. The van der Waals surface area contributed by atoms with Crippen molar-refractivity contribution in [2.75, 3.05) is 0 Å². The van der Waals surface area contributed by atoms with E-state index in [1.807, 2.05) is 18.2 Å². The van der Waals surface area contributed by atoms with Gasteiger partial charge in [0.2, 0.25) is 15.9 Å². The van der Waals surface area contributed by atoms with Gasteiger partial charge >= 0.3 is 6.18 Å². The maximum Gasteiger partial charge on any atom is 0.416 e. The molecule has 4 rings (SSSR count). The van der Waals surface area contributed by atoms with Crippen molar-refractivity contribution < 1.29 is 26.4 Å². The van der Waals surface area contributed by atoms with Gasteiger partial charge < -0.3 is 10.6 Å². The average molecular weight is 613 g/mol. The number of nitrogens with one attached hydrogen (secondary N) is 3. The van der Waals surface area contributed by atoms with Crippen LogP contribution in [-0.2, 0) is 34.0 Å². The summed E-state index contributed by atoms with van der Waals surface area (Å²) in [6, 6.07) is 16.3. The first-order valence-electron chi connectivity index (χ1n) is 14.0. The number of alkyl halides is 3. The number of halogens is 3. The molecule has 228 valence electrons. The van der Waals surface area contributed by atoms with Crippen molar-refractivity contribution in [3.8, 4) is 6.07 Å². The Labute approximate surface area is 250 Å². The van der Waals surface area contributed by atoms with Gasteiger partial charge in [-0.3, -0.25) is 4.79 Å². The summed E-state index contributed by atoms with van der Waals surface area (Å²) in [6.07, 6.45) is -2.60. The predicted octanol–water partition coefficient (Wildman–Crippen LogP) is 6.07. The molecule has 3 aromatic rings. The van der Waals surface area contributed by atoms with Gasteiger partial charge in [0.15, 0.2) is 0 Å². The van der Waals surface area contributed by atoms with Crippen LogP contribution in [0.1, 0.15) is 85.5 Å². The molecule has 2 unspecified atom stereocenters. The number of aryl methyl sites for hydroxylation is 1. The van der Waals surface area contributed by atoms with Gasteiger partial charge in [-0.1, -0.05) is 36.4 Å². The molecule has 2 atom stereocenters. The first-order chi connectivity index (χ1) is 20.1. The number of carbonyl (C=O) groups excluding carboxylic acids is 1. The van der Waals surface area contributed by atoms with E-state index < -0.39 is 38.6 Å². The Kier molecular flexibility index (Phi) is 9.64. The molecule has 0 bridgehead atoms. The van der Waals surface area contributed by atoms with Crippen molar-refractivity contribution in [2.24, 2.45) is 0 Å². The highest BCUT2D eigenvalue weighted by Gasteiger charge is 2.33. The fourth-order valence-electron chi connectivity index (χ4n) is 5.08. The van der Waals surface area contributed by atoms with Crippen LogP contribution in [0, 0.1) is 11.3 Å². The number of carbonyl (C=O) groups is 1. The summed E-state index contributed by atoms with van der Waals surface area (Å²) in [5.74, 6) is -0.435. The average Bonchev–Trinajstić information content (AvgIpc) is 2.95. The third-order valence-electron chi connectivity index (χ3n) is 7.26. The number of sulfonamides is 1. The van der Waals surface area contributed by atoms with Crippen LogP contribution in [0.2, 0.25) is 0 Å². The van der Waals surface area contributed by atoms with E-state index in [-0.39, 0.29) is 23.6 Å². The Balaban J connectivity index is 1.56. The smallest absolute Gasteiger partial charge is 0.349 e. The zero-order chi connectivity index (χ0) is 31.4. The van der Waals surface area contributed by atoms with Crippen LogP contribution in [0.3, 0.4) is 0 Å². The number of nitrogens with zero attached hydrogens (tertiary/aromatic N) is 1. The van der Waals surface area contributed by atoms with Gasteiger partial charge in [0.1, 0.15) is 0 Å². The van der Waals surface area contributed by atoms with Gasteiger partial charge in [0, 0.05) is 18.5 Å². The summed E-state index contributed by atoms with van der Waals surface area (Å²) in [4.78, 5) is 12.8. The van der Waals surface area contributed by atoms with Gasteiger partial charge in [-0.25, -0.2) is 13.1 Å². The van der Waals surface area contributed by atoms with Crippen LogP contribution in [0.25, 0.3) is 0 Å². The van der Waals surface area contributed by atoms with Crippen molar-refractivity contribution in [1.82, 2.24) is 15.4 Å². The Morgan fingerprint density at radius 2 is 1.79 bits per heavy atom. The minimum absolute atomic E-state index is 0.0294. The minimum Gasteiger partial charge on any atom is -0.349 e. The minimum atomic E-state index is -4.73. The molecule has 3 aromatic carbocycles. The van der Waals surface area contributed by atoms with Crippen LogP contribution >= 0.6 is 0 Å². The van der Waals surface area contributed by atoms with Crippen LogP contribution in [0.15, 0.2) is 71.6 Å². The molecule has 7 nitrogen and oxygen atoms in total. The van der Waals surface area contributed by atoms with Crippen LogP contribution in [0.4, 0.5) is 13.2 Å². The molecular formula is C32H35F3N4O3S. The third-order valence-corrected chi connectivity index (χ3v) is 8.73. The first kappa shape index (κ1) is 32.2. The standard InChI is InChI=1S/C32H35F3N4O3S/c1-31(2,3)37-20-22-13-14-27-23(16-22)8-5-12-28(27)38-30(40)18-29(24-9-4-7-21(15-24)19-36)39-43(41,42)26-11-6-10-25(17-26)32(33,34)35/h4,6-7,9-11,13-17,28-29,37,39H,5,8,12,18,20H2,1-3H3,(H,38,40). The predicted molar refractivity (Wildman–Crippen MR) is 157 cm³/mol. The van der Waals surface area contributed by atoms with Crippen LogP contribution < -0.4 is 15.4 Å². The fraction of sp³-hybridized carbons (Fsp3) is 0.375. The molecule has 11 heteroatoms. The summed E-state index contributed by atoms with van der Waals surface area (Å²) < 4.78 is 68.7. The summed E-state index contributed by atoms with van der Waals surface area (Å²) in [5, 5.41) is 15.9. The van der Waals surface area contributed by atoms with Gasteiger partial charge in [-0.15, -0.1) is 0 Å². The summed E-state index contributed by atoms with van der Waals surface area (Å²) in [6.45, 7) is 7.00. The molecule has 0 radical (unpaired) electrons. The molecule has 0 fully saturated rings. The van der Waals surface area contributed by atoms with Crippen LogP contribution in [-0.4, -0.2) is 19.9 Å². The van der Waals surface area contributed by atoms with E-state index in [9.17, 15) is 31.6 Å². The van der Waals surface area contributed by atoms with Crippen molar-refractivity contribution in [1.29, 1.82) is 5.26 Å². The maximum absolute atomic E-state index is 13.4. The quantitative estimate of drug-likeness (QED) is 0.272. The Bertz CT molecular complexity index is 1630. The lowest BCUT2D eigenvalue weighted by atomic mass is 9.86. The van der Waals surface area contributed by atoms with Gasteiger partial charge in [0.05, 0.1) is 34.2 Å². The van der Waals surface area contributed by atoms with Gasteiger partial charge in [0.25, 0.3) is 0 Å². The number of nitriles is 1. The Hall–Kier alpha value is -3.72. The van der Waals surface area contributed by atoms with E-state index in [2.05, 4.69) is 42.2 Å². The second kappa shape index (κ2) is 12.9. The molecule has 0 aliphatic heterocycles. The molecule has 1 aliphatic rings.